The second kappa shape index (κ2) is 10.0. The van der Waals surface area contributed by atoms with E-state index in [4.69, 9.17) is 14.3 Å². The van der Waals surface area contributed by atoms with Crippen LogP contribution in [-0.4, -0.2) is 41.2 Å². The van der Waals surface area contributed by atoms with Crippen LogP contribution in [0.1, 0.15) is 53.6 Å². The Morgan fingerprint density at radius 3 is 2.29 bits per heavy atom. The molecular formula is C26H27N3O6. The Labute approximate surface area is 202 Å². The van der Waals surface area contributed by atoms with Crippen LogP contribution in [-0.2, 0) is 16.1 Å². The van der Waals surface area contributed by atoms with Crippen LogP contribution in [0, 0.1) is 5.41 Å². The summed E-state index contributed by atoms with van der Waals surface area (Å²) < 4.78 is 10.6. The van der Waals surface area contributed by atoms with Crippen LogP contribution in [0.25, 0.3) is 11.1 Å². The molecule has 1 heterocycles. The summed E-state index contributed by atoms with van der Waals surface area (Å²) in [5.41, 5.74) is 3.79. The monoisotopic (exact) mass is 477 g/mol. The first kappa shape index (κ1) is 24.0. The number of carboxylic acids is 1. The van der Waals surface area contributed by atoms with Gasteiger partial charge in [-0.05, 0) is 27.7 Å². The van der Waals surface area contributed by atoms with Crippen LogP contribution in [0.5, 0.6) is 0 Å². The first-order chi connectivity index (χ1) is 16.7. The number of hydrogen-bond donors (Lipinski definition) is 3. The van der Waals surface area contributed by atoms with Gasteiger partial charge in [-0.1, -0.05) is 62.4 Å². The second-order valence-electron chi connectivity index (χ2n) is 9.23. The average Bonchev–Trinajstić information content (AvgIpc) is 3.43. The molecular weight excluding hydrogens is 450 g/mol. The Morgan fingerprint density at radius 2 is 1.66 bits per heavy atom. The van der Waals surface area contributed by atoms with Crippen LogP contribution in [0.4, 0.5) is 4.79 Å². The molecule has 0 aliphatic heterocycles. The van der Waals surface area contributed by atoms with Crippen molar-refractivity contribution in [1.82, 2.24) is 15.6 Å². The molecule has 0 atom stereocenters. The minimum absolute atomic E-state index is 0.0290. The van der Waals surface area contributed by atoms with Crippen LogP contribution in [0.2, 0.25) is 0 Å². The zero-order valence-corrected chi connectivity index (χ0v) is 19.5. The van der Waals surface area contributed by atoms with Gasteiger partial charge < -0.3 is 24.9 Å². The zero-order chi connectivity index (χ0) is 25.0. The van der Waals surface area contributed by atoms with E-state index in [0.717, 1.165) is 28.6 Å². The quantitative estimate of drug-likeness (QED) is 0.425. The summed E-state index contributed by atoms with van der Waals surface area (Å²) in [7, 11) is 0. The Morgan fingerprint density at radius 1 is 1.03 bits per heavy atom. The van der Waals surface area contributed by atoms with E-state index in [2.05, 4.69) is 39.9 Å². The van der Waals surface area contributed by atoms with Crippen LogP contribution in [0.3, 0.4) is 0 Å². The number of carbonyl (C=O) groups excluding carboxylic acids is 2. The van der Waals surface area contributed by atoms with Crippen LogP contribution in [0.15, 0.2) is 59.3 Å². The smallest absolute Gasteiger partial charge is 0.407 e. The maximum Gasteiger partial charge on any atom is 0.407 e. The number of nitrogens with zero attached hydrogens (tertiary/aromatic N) is 1. The fourth-order valence-electron chi connectivity index (χ4n) is 4.27. The van der Waals surface area contributed by atoms with Gasteiger partial charge in [-0.3, -0.25) is 4.79 Å². The van der Waals surface area contributed by atoms with Gasteiger partial charge in [0.2, 0.25) is 5.91 Å². The number of carbonyl (C=O) groups is 3. The number of alkyl carbamates (subject to hydrolysis) is 1. The first-order valence-electron chi connectivity index (χ1n) is 11.3. The van der Waals surface area contributed by atoms with Crippen molar-refractivity contribution < 1.29 is 28.6 Å². The van der Waals surface area contributed by atoms with Gasteiger partial charge in [0, 0.05) is 18.9 Å². The van der Waals surface area contributed by atoms with E-state index < -0.39 is 17.5 Å². The number of aromatic carboxylic acids is 1. The van der Waals surface area contributed by atoms with Crippen molar-refractivity contribution in [1.29, 1.82) is 0 Å². The topological polar surface area (TPSA) is 131 Å². The number of ether oxygens (including phenoxy) is 1. The van der Waals surface area contributed by atoms with Crippen molar-refractivity contribution in [3.05, 3.63) is 77.5 Å². The number of fused-ring (bicyclic) bond motifs is 3. The molecule has 3 aromatic rings. The summed E-state index contributed by atoms with van der Waals surface area (Å²) in [6.45, 7) is 4.03. The minimum atomic E-state index is -1.23. The highest BCUT2D eigenvalue weighted by Crippen LogP contribution is 2.44. The molecule has 0 fully saturated rings. The van der Waals surface area contributed by atoms with Crippen molar-refractivity contribution in [2.75, 3.05) is 13.2 Å². The summed E-state index contributed by atoms with van der Waals surface area (Å²) in [6, 6.07) is 16.2. The van der Waals surface area contributed by atoms with Gasteiger partial charge in [0.25, 0.3) is 0 Å². The van der Waals surface area contributed by atoms with Gasteiger partial charge in [-0.25, -0.2) is 14.6 Å². The highest BCUT2D eigenvalue weighted by molar-refractivity contribution is 5.86. The van der Waals surface area contributed by atoms with E-state index in [1.54, 1.807) is 0 Å². The molecule has 2 aromatic carbocycles. The Hall–Kier alpha value is -4.14. The molecule has 182 valence electrons. The number of nitrogens with one attached hydrogen (secondary N) is 2. The van der Waals surface area contributed by atoms with Gasteiger partial charge in [-0.2, -0.15) is 0 Å². The standard InChI is InChI=1S/C26H27N3O6/c1-26(2,11-22(30)27-12-21-23(24(31)32)29-15-35-21)14-28-25(33)34-13-20-18-9-5-3-7-16(18)17-8-4-6-10-19(17)20/h3-10,15,20H,11-14H2,1-2H3,(H,27,30)(H,28,33)(H,31,32). The fraction of sp³-hybridized carbons (Fsp3) is 0.308. The van der Waals surface area contributed by atoms with Gasteiger partial charge in [0.15, 0.2) is 17.8 Å². The number of amides is 2. The molecule has 0 radical (unpaired) electrons. The van der Waals surface area contributed by atoms with Crippen molar-refractivity contribution in [2.45, 2.75) is 32.7 Å². The Balaban J connectivity index is 1.26. The normalized spacial score (nSPS) is 12.5. The highest BCUT2D eigenvalue weighted by atomic mass is 16.5. The first-order valence-corrected chi connectivity index (χ1v) is 11.3. The summed E-state index contributed by atoms with van der Waals surface area (Å²) >= 11 is 0. The van der Waals surface area contributed by atoms with Crippen molar-refractivity contribution in [3.8, 4) is 11.1 Å². The predicted molar refractivity (Wildman–Crippen MR) is 127 cm³/mol. The molecule has 0 spiro atoms. The lowest BCUT2D eigenvalue weighted by molar-refractivity contribution is -0.123. The number of hydrogen-bond acceptors (Lipinski definition) is 6. The van der Waals surface area contributed by atoms with Crippen molar-refractivity contribution in [3.63, 3.8) is 0 Å². The second-order valence-corrected chi connectivity index (χ2v) is 9.23. The fourth-order valence-corrected chi connectivity index (χ4v) is 4.27. The van der Waals surface area contributed by atoms with E-state index in [9.17, 15) is 14.4 Å². The molecule has 0 saturated heterocycles. The number of carboxylic acid groups (broad SMARTS) is 1. The Bertz CT molecular complexity index is 1200. The number of rotatable bonds is 9. The van der Waals surface area contributed by atoms with E-state index >= 15 is 0 Å². The maximum atomic E-state index is 12.4. The van der Waals surface area contributed by atoms with Crippen LogP contribution >= 0.6 is 0 Å². The zero-order valence-electron chi connectivity index (χ0n) is 19.5. The lowest BCUT2D eigenvalue weighted by Crippen LogP contribution is -2.38. The highest BCUT2D eigenvalue weighted by Gasteiger charge is 2.29. The van der Waals surface area contributed by atoms with Gasteiger partial charge in [0.05, 0.1) is 6.54 Å². The third-order valence-corrected chi connectivity index (χ3v) is 5.98. The maximum absolute atomic E-state index is 12.4. The third kappa shape index (κ3) is 5.51. The number of benzene rings is 2. The average molecular weight is 478 g/mol. The molecule has 35 heavy (non-hydrogen) atoms. The van der Waals surface area contributed by atoms with E-state index in [1.165, 1.54) is 0 Å². The molecule has 4 rings (SSSR count). The molecule has 0 saturated carbocycles. The molecule has 0 unspecified atom stereocenters. The van der Waals surface area contributed by atoms with Gasteiger partial charge in [0.1, 0.15) is 6.61 Å². The van der Waals surface area contributed by atoms with Gasteiger partial charge >= 0.3 is 12.1 Å². The van der Waals surface area contributed by atoms with E-state index in [-0.39, 0.29) is 49.4 Å². The lowest BCUT2D eigenvalue weighted by atomic mass is 9.89. The summed E-state index contributed by atoms with van der Waals surface area (Å²) in [5, 5.41) is 14.4. The predicted octanol–water partition coefficient (Wildman–Crippen LogP) is 3.94. The molecule has 1 aliphatic rings. The largest absolute Gasteiger partial charge is 0.476 e. The summed E-state index contributed by atoms with van der Waals surface area (Å²) in [6.07, 6.45) is 0.577. The molecule has 0 bridgehead atoms. The molecule has 3 N–H and O–H groups in total. The molecule has 1 aromatic heterocycles. The number of aromatic nitrogens is 1. The summed E-state index contributed by atoms with van der Waals surface area (Å²) in [5.74, 6) is -1.49. The Kier molecular flexibility index (Phi) is 6.86. The molecule has 2 amide bonds. The lowest BCUT2D eigenvalue weighted by Gasteiger charge is -2.24. The number of oxazole rings is 1. The summed E-state index contributed by atoms with van der Waals surface area (Å²) in [4.78, 5) is 39.5. The SMILES string of the molecule is CC(C)(CNC(=O)OCC1c2ccccc2-c2ccccc21)CC(=O)NCc1ocnc1C(=O)O. The third-order valence-electron chi connectivity index (χ3n) is 5.98. The van der Waals surface area contributed by atoms with Gasteiger partial charge in [-0.15, -0.1) is 0 Å². The minimum Gasteiger partial charge on any atom is -0.476 e. The van der Waals surface area contributed by atoms with E-state index in [0.29, 0.717) is 0 Å². The molecule has 1 aliphatic carbocycles. The van der Waals surface area contributed by atoms with Crippen LogP contribution < -0.4 is 10.6 Å². The van der Waals surface area contributed by atoms with Crippen molar-refractivity contribution >= 4 is 18.0 Å². The molecule has 9 heteroatoms. The molecule has 9 nitrogen and oxygen atoms in total. The van der Waals surface area contributed by atoms with Crippen molar-refractivity contribution in [2.24, 2.45) is 5.41 Å². The van der Waals surface area contributed by atoms with E-state index in [1.807, 2.05) is 38.1 Å².